The number of carbonyl (C=O) groups is 1. The van der Waals surface area contributed by atoms with E-state index >= 15 is 0 Å². The number of hydrogen-bond acceptors (Lipinski definition) is 7. The van der Waals surface area contributed by atoms with Crippen molar-refractivity contribution in [3.8, 4) is 0 Å². The zero-order valence-electron chi connectivity index (χ0n) is 15.6. The van der Waals surface area contributed by atoms with Gasteiger partial charge in [-0.1, -0.05) is 23.5 Å². The van der Waals surface area contributed by atoms with Gasteiger partial charge in [-0.05, 0) is 25.0 Å². The molecule has 1 saturated heterocycles. The van der Waals surface area contributed by atoms with Crippen molar-refractivity contribution in [3.63, 3.8) is 0 Å². The maximum Gasteiger partial charge on any atom is 0.261 e. The molecule has 3 heterocycles. The summed E-state index contributed by atoms with van der Waals surface area (Å²) in [4.78, 5) is 32.3. The van der Waals surface area contributed by atoms with Crippen molar-refractivity contribution in [2.45, 2.75) is 30.0 Å². The van der Waals surface area contributed by atoms with E-state index in [9.17, 15) is 18.0 Å². The van der Waals surface area contributed by atoms with E-state index in [-0.39, 0.29) is 33.4 Å². The first kappa shape index (κ1) is 19.7. The monoisotopic (exact) mass is 433 g/mol. The smallest absolute Gasteiger partial charge is 0.261 e. The van der Waals surface area contributed by atoms with Gasteiger partial charge in [0.2, 0.25) is 5.91 Å². The average molecular weight is 434 g/mol. The molecule has 11 heteroatoms. The fourth-order valence-corrected chi connectivity index (χ4v) is 6.17. The minimum absolute atomic E-state index is 0.0610. The molecule has 0 aliphatic carbocycles. The fourth-order valence-electron chi connectivity index (χ4n) is 3.42. The Bertz CT molecular complexity index is 1230. The lowest BCUT2D eigenvalue weighted by Gasteiger charge is -2.32. The van der Waals surface area contributed by atoms with Gasteiger partial charge < -0.3 is 5.32 Å². The Morgan fingerprint density at radius 3 is 2.86 bits per heavy atom. The molecule has 0 saturated carbocycles. The van der Waals surface area contributed by atoms with Crippen LogP contribution in [0.15, 0.2) is 45.8 Å². The Kier molecular flexibility index (Phi) is 5.19. The van der Waals surface area contributed by atoms with Crippen molar-refractivity contribution in [2.24, 2.45) is 0 Å². The highest BCUT2D eigenvalue weighted by atomic mass is 32.2. The van der Waals surface area contributed by atoms with Crippen LogP contribution in [0.1, 0.15) is 25.8 Å². The molecule has 1 fully saturated rings. The number of aromatic nitrogens is 3. The van der Waals surface area contributed by atoms with E-state index in [2.05, 4.69) is 15.3 Å². The van der Waals surface area contributed by atoms with Crippen LogP contribution < -0.4 is 10.9 Å². The predicted molar refractivity (Wildman–Crippen MR) is 109 cm³/mol. The second-order valence-electron chi connectivity index (χ2n) is 6.80. The second kappa shape index (κ2) is 7.65. The van der Waals surface area contributed by atoms with Crippen LogP contribution >= 0.6 is 11.3 Å². The van der Waals surface area contributed by atoms with Crippen molar-refractivity contribution in [2.75, 3.05) is 18.4 Å². The lowest BCUT2D eigenvalue weighted by molar-refractivity contribution is -0.114. The Labute approximate surface area is 171 Å². The lowest BCUT2D eigenvalue weighted by atomic mass is 10.1. The van der Waals surface area contributed by atoms with Gasteiger partial charge in [0, 0.05) is 20.0 Å². The van der Waals surface area contributed by atoms with E-state index in [1.165, 1.54) is 28.3 Å². The van der Waals surface area contributed by atoms with Gasteiger partial charge in [0.25, 0.3) is 15.6 Å². The molecule has 1 atom stereocenters. The Hall–Kier alpha value is -2.63. The van der Waals surface area contributed by atoms with E-state index in [1.807, 2.05) is 6.07 Å². The third kappa shape index (κ3) is 3.80. The van der Waals surface area contributed by atoms with Crippen molar-refractivity contribution in [3.05, 3.63) is 47.1 Å². The van der Waals surface area contributed by atoms with Gasteiger partial charge in [-0.25, -0.2) is 18.4 Å². The summed E-state index contributed by atoms with van der Waals surface area (Å²) in [7, 11) is -3.77. The number of rotatable bonds is 4. The van der Waals surface area contributed by atoms with Gasteiger partial charge in [0.15, 0.2) is 9.34 Å². The highest BCUT2D eigenvalue weighted by Crippen LogP contribution is 2.30. The normalized spacial score (nSPS) is 18.0. The molecule has 29 heavy (non-hydrogen) atoms. The summed E-state index contributed by atoms with van der Waals surface area (Å²) >= 11 is 0.910. The van der Waals surface area contributed by atoms with E-state index in [0.29, 0.717) is 30.3 Å². The molecule has 0 radical (unpaired) electrons. The molecule has 0 spiro atoms. The second-order valence-corrected chi connectivity index (χ2v) is 9.99. The summed E-state index contributed by atoms with van der Waals surface area (Å²) in [5.74, 6) is -0.315. The van der Waals surface area contributed by atoms with Gasteiger partial charge in [0.05, 0.1) is 29.5 Å². The number of fused-ring (bicyclic) bond motifs is 1. The minimum Gasteiger partial charge on any atom is -0.302 e. The van der Waals surface area contributed by atoms with Gasteiger partial charge >= 0.3 is 0 Å². The third-order valence-electron chi connectivity index (χ3n) is 4.80. The summed E-state index contributed by atoms with van der Waals surface area (Å²) in [6.07, 6.45) is 4.05. The van der Waals surface area contributed by atoms with Crippen LogP contribution in [0.2, 0.25) is 0 Å². The van der Waals surface area contributed by atoms with Gasteiger partial charge in [-0.3, -0.25) is 14.2 Å². The minimum atomic E-state index is -3.77. The Morgan fingerprint density at radius 1 is 1.28 bits per heavy atom. The number of nitrogens with zero attached hydrogens (tertiary/aromatic N) is 4. The van der Waals surface area contributed by atoms with Crippen LogP contribution in [0, 0.1) is 0 Å². The van der Waals surface area contributed by atoms with E-state index in [0.717, 1.165) is 11.3 Å². The number of thiazole rings is 1. The summed E-state index contributed by atoms with van der Waals surface area (Å²) in [5.41, 5.74) is 0.440. The zero-order chi connectivity index (χ0) is 20.6. The molecule has 1 unspecified atom stereocenters. The molecule has 2 aromatic heterocycles. The van der Waals surface area contributed by atoms with Crippen LogP contribution in [0.3, 0.4) is 0 Å². The van der Waals surface area contributed by atoms with Crippen molar-refractivity contribution < 1.29 is 13.2 Å². The standard InChI is InChI=1S/C18H19N5O4S2/c1-12(24)21-18-19-9-16(28-18)29(26,27)22-8-4-5-13(10-22)23-11-20-15-7-3-2-6-14(15)17(23)25/h2-3,6-7,9,11,13H,4-5,8,10H2,1H3,(H,19,21,24). The molecule has 4 rings (SSSR count). The number of benzene rings is 1. The molecule has 1 amide bonds. The molecule has 9 nitrogen and oxygen atoms in total. The summed E-state index contributed by atoms with van der Waals surface area (Å²) < 4.78 is 29.0. The number of carbonyl (C=O) groups excluding carboxylic acids is 1. The van der Waals surface area contributed by atoms with E-state index < -0.39 is 10.0 Å². The van der Waals surface area contributed by atoms with Crippen molar-refractivity contribution in [1.29, 1.82) is 0 Å². The molecule has 1 aliphatic heterocycles. The number of anilines is 1. The molecule has 1 aromatic carbocycles. The van der Waals surface area contributed by atoms with Crippen LogP contribution in [-0.4, -0.2) is 46.3 Å². The molecular formula is C18H19N5O4S2. The van der Waals surface area contributed by atoms with Crippen molar-refractivity contribution >= 4 is 43.3 Å². The van der Waals surface area contributed by atoms with E-state index in [1.54, 1.807) is 18.2 Å². The summed E-state index contributed by atoms with van der Waals surface area (Å²) in [6, 6.07) is 6.79. The van der Waals surface area contributed by atoms with Crippen molar-refractivity contribution in [1.82, 2.24) is 18.8 Å². The predicted octanol–water partition coefficient (Wildman–Crippen LogP) is 1.84. The highest BCUT2D eigenvalue weighted by Gasteiger charge is 2.33. The zero-order valence-corrected chi connectivity index (χ0v) is 17.2. The average Bonchev–Trinajstić information content (AvgIpc) is 3.17. The largest absolute Gasteiger partial charge is 0.302 e. The number of piperidine rings is 1. The number of nitrogens with one attached hydrogen (secondary N) is 1. The summed E-state index contributed by atoms with van der Waals surface area (Å²) in [5, 5.41) is 3.24. The molecular weight excluding hydrogens is 414 g/mol. The highest BCUT2D eigenvalue weighted by molar-refractivity contribution is 7.91. The Morgan fingerprint density at radius 2 is 2.07 bits per heavy atom. The van der Waals surface area contributed by atoms with Crippen LogP contribution in [-0.2, 0) is 14.8 Å². The number of para-hydroxylation sites is 1. The first-order valence-electron chi connectivity index (χ1n) is 9.06. The number of hydrogen-bond donors (Lipinski definition) is 1. The third-order valence-corrected chi connectivity index (χ3v) is 8.02. The molecule has 152 valence electrons. The SMILES string of the molecule is CC(=O)Nc1ncc(S(=O)(=O)N2CCCC(n3cnc4ccccc4c3=O)C2)s1. The molecule has 1 aliphatic rings. The quantitative estimate of drug-likeness (QED) is 0.671. The van der Waals surface area contributed by atoms with Crippen LogP contribution in [0.5, 0.6) is 0 Å². The first-order chi connectivity index (χ1) is 13.9. The maximum atomic E-state index is 13.0. The fraction of sp³-hybridized carbons (Fsp3) is 0.333. The Balaban J connectivity index is 1.61. The van der Waals surface area contributed by atoms with Crippen LogP contribution in [0.25, 0.3) is 10.9 Å². The van der Waals surface area contributed by atoms with Gasteiger partial charge in [0.1, 0.15) is 0 Å². The van der Waals surface area contributed by atoms with E-state index in [4.69, 9.17) is 0 Å². The topological polar surface area (TPSA) is 114 Å². The molecule has 1 N–H and O–H groups in total. The first-order valence-corrected chi connectivity index (χ1v) is 11.3. The lowest BCUT2D eigenvalue weighted by Crippen LogP contribution is -2.42. The van der Waals surface area contributed by atoms with Crippen LogP contribution in [0.4, 0.5) is 5.13 Å². The summed E-state index contributed by atoms with van der Waals surface area (Å²) in [6.45, 7) is 1.87. The number of amides is 1. The van der Waals surface area contributed by atoms with Gasteiger partial charge in [-0.2, -0.15) is 4.31 Å². The maximum absolute atomic E-state index is 13.0. The number of sulfonamides is 1. The van der Waals surface area contributed by atoms with Gasteiger partial charge in [-0.15, -0.1) is 0 Å². The molecule has 0 bridgehead atoms. The molecule has 3 aromatic rings.